The number of amides is 1. The number of nitrogens with one attached hydrogen (secondary N) is 1. The van der Waals surface area contributed by atoms with Crippen LogP contribution in [0.4, 0.5) is 0 Å². The lowest BCUT2D eigenvalue weighted by Crippen LogP contribution is -2.33. The molecule has 0 spiro atoms. The molecule has 0 aromatic rings. The number of carbonyl (C=O) groups is 1. The van der Waals surface area contributed by atoms with Crippen molar-refractivity contribution in [3.63, 3.8) is 0 Å². The van der Waals surface area contributed by atoms with Gasteiger partial charge in [0.2, 0.25) is 0 Å². The van der Waals surface area contributed by atoms with Crippen LogP contribution in [-0.4, -0.2) is 12.5 Å². The minimum Gasteiger partial charge on any atom is -0.343 e. The predicted octanol–water partition coefficient (Wildman–Crippen LogP) is 1.70. The van der Waals surface area contributed by atoms with Crippen LogP contribution in [0.25, 0.3) is 0 Å². The SMILES string of the molecule is CC(C)CC(C)(C)CNC(=O)C#N. The summed E-state index contributed by atoms with van der Waals surface area (Å²) in [5, 5.41) is 10.8. The highest BCUT2D eigenvalue weighted by Gasteiger charge is 2.19. The summed E-state index contributed by atoms with van der Waals surface area (Å²) in [5.74, 6) is 0.0609. The Kier molecular flexibility index (Phi) is 4.47. The van der Waals surface area contributed by atoms with Crippen molar-refractivity contribution in [2.45, 2.75) is 34.1 Å². The largest absolute Gasteiger partial charge is 0.343 e. The second kappa shape index (κ2) is 4.86. The zero-order valence-electron chi connectivity index (χ0n) is 8.85. The van der Waals surface area contributed by atoms with Gasteiger partial charge in [-0.2, -0.15) is 5.26 Å². The van der Waals surface area contributed by atoms with Gasteiger partial charge in [-0.05, 0) is 17.8 Å². The molecule has 13 heavy (non-hydrogen) atoms. The Balaban J connectivity index is 3.90. The molecule has 0 aromatic carbocycles. The Morgan fingerprint density at radius 1 is 1.54 bits per heavy atom. The van der Waals surface area contributed by atoms with E-state index in [9.17, 15) is 4.79 Å². The molecule has 0 fully saturated rings. The fourth-order valence-electron chi connectivity index (χ4n) is 1.54. The maximum absolute atomic E-state index is 10.7. The summed E-state index contributed by atoms with van der Waals surface area (Å²) < 4.78 is 0. The first-order chi connectivity index (χ1) is 5.87. The van der Waals surface area contributed by atoms with E-state index in [0.29, 0.717) is 12.5 Å². The average Bonchev–Trinajstić information content (AvgIpc) is 1.98. The Hall–Kier alpha value is -1.04. The van der Waals surface area contributed by atoms with E-state index in [1.54, 1.807) is 6.07 Å². The van der Waals surface area contributed by atoms with Crippen molar-refractivity contribution in [2.24, 2.45) is 11.3 Å². The maximum Gasteiger partial charge on any atom is 0.322 e. The molecule has 0 aliphatic heterocycles. The van der Waals surface area contributed by atoms with Gasteiger partial charge in [0.1, 0.15) is 0 Å². The highest BCUT2D eigenvalue weighted by Crippen LogP contribution is 2.23. The Bertz CT molecular complexity index is 213. The quantitative estimate of drug-likeness (QED) is 0.673. The molecule has 1 N–H and O–H groups in total. The minimum absolute atomic E-state index is 0.0701. The third-order valence-electron chi connectivity index (χ3n) is 1.79. The molecule has 0 bridgehead atoms. The molecule has 0 saturated heterocycles. The van der Waals surface area contributed by atoms with Crippen LogP contribution < -0.4 is 5.32 Å². The molecule has 3 heteroatoms. The molecule has 3 nitrogen and oxygen atoms in total. The van der Waals surface area contributed by atoms with E-state index >= 15 is 0 Å². The third-order valence-corrected chi connectivity index (χ3v) is 1.79. The third kappa shape index (κ3) is 6.15. The van der Waals surface area contributed by atoms with E-state index in [2.05, 4.69) is 33.0 Å². The summed E-state index contributed by atoms with van der Waals surface area (Å²) in [6.07, 6.45) is 1.04. The van der Waals surface area contributed by atoms with Gasteiger partial charge in [-0.3, -0.25) is 4.79 Å². The molecule has 0 aliphatic carbocycles. The van der Waals surface area contributed by atoms with Crippen LogP contribution >= 0.6 is 0 Å². The molecule has 74 valence electrons. The summed E-state index contributed by atoms with van der Waals surface area (Å²) in [7, 11) is 0. The molecule has 0 aromatic heterocycles. The highest BCUT2D eigenvalue weighted by atomic mass is 16.1. The average molecular weight is 182 g/mol. The van der Waals surface area contributed by atoms with Crippen molar-refractivity contribution in [3.8, 4) is 6.07 Å². The molecular formula is C10H18N2O. The summed E-state index contributed by atoms with van der Waals surface area (Å²) in [4.78, 5) is 10.7. The van der Waals surface area contributed by atoms with Gasteiger partial charge >= 0.3 is 5.91 Å². The molecule has 0 rings (SSSR count). The van der Waals surface area contributed by atoms with Crippen molar-refractivity contribution >= 4 is 5.91 Å². The van der Waals surface area contributed by atoms with Crippen LogP contribution in [-0.2, 0) is 4.79 Å². The fourth-order valence-corrected chi connectivity index (χ4v) is 1.54. The zero-order chi connectivity index (χ0) is 10.5. The lowest BCUT2D eigenvalue weighted by molar-refractivity contribution is -0.116. The van der Waals surface area contributed by atoms with Crippen LogP contribution in [0.5, 0.6) is 0 Å². The van der Waals surface area contributed by atoms with Gasteiger partial charge < -0.3 is 5.32 Å². The second-order valence-electron chi connectivity index (χ2n) is 4.56. The van der Waals surface area contributed by atoms with Crippen LogP contribution in [0.3, 0.4) is 0 Å². The number of hydrogen-bond acceptors (Lipinski definition) is 2. The van der Waals surface area contributed by atoms with Gasteiger partial charge in [0.05, 0.1) is 0 Å². The summed E-state index contributed by atoms with van der Waals surface area (Å²) in [6, 6.07) is 1.54. The molecule has 0 atom stereocenters. The van der Waals surface area contributed by atoms with Gasteiger partial charge in [-0.15, -0.1) is 0 Å². The predicted molar refractivity (Wildman–Crippen MR) is 51.9 cm³/mol. The first kappa shape index (κ1) is 12.0. The van der Waals surface area contributed by atoms with Crippen molar-refractivity contribution in [1.82, 2.24) is 5.32 Å². The molecule has 0 radical (unpaired) electrons. The second-order valence-corrected chi connectivity index (χ2v) is 4.56. The van der Waals surface area contributed by atoms with E-state index < -0.39 is 5.91 Å². The first-order valence-corrected chi connectivity index (χ1v) is 4.55. The summed E-state index contributed by atoms with van der Waals surface area (Å²) in [6.45, 7) is 9.04. The monoisotopic (exact) mass is 182 g/mol. The normalized spacial score (nSPS) is 11.1. The van der Waals surface area contributed by atoms with Gasteiger partial charge in [0.25, 0.3) is 0 Å². The number of carbonyl (C=O) groups excluding carboxylic acids is 1. The topological polar surface area (TPSA) is 52.9 Å². The molecule has 1 amide bonds. The standard InChI is InChI=1S/C10H18N2O/c1-8(2)5-10(3,4)7-12-9(13)6-11/h8H,5,7H2,1-4H3,(H,12,13). The van der Waals surface area contributed by atoms with E-state index in [1.807, 2.05) is 0 Å². The van der Waals surface area contributed by atoms with Gasteiger partial charge in [0, 0.05) is 6.54 Å². The Labute approximate surface area is 80.1 Å². The fraction of sp³-hybridized carbons (Fsp3) is 0.800. The van der Waals surface area contributed by atoms with Crippen LogP contribution in [0.15, 0.2) is 0 Å². The number of nitriles is 1. The van der Waals surface area contributed by atoms with Crippen LogP contribution in [0, 0.1) is 22.7 Å². The Morgan fingerprint density at radius 3 is 2.46 bits per heavy atom. The number of rotatable bonds is 4. The number of hydrogen-bond donors (Lipinski definition) is 1. The summed E-state index contributed by atoms with van der Waals surface area (Å²) in [5.41, 5.74) is 0.0701. The van der Waals surface area contributed by atoms with E-state index in [0.717, 1.165) is 6.42 Å². The number of nitrogens with zero attached hydrogens (tertiary/aromatic N) is 1. The zero-order valence-corrected chi connectivity index (χ0v) is 8.85. The van der Waals surface area contributed by atoms with Crippen molar-refractivity contribution < 1.29 is 4.79 Å². The molecular weight excluding hydrogens is 164 g/mol. The summed E-state index contributed by atoms with van der Waals surface area (Å²) >= 11 is 0. The Morgan fingerprint density at radius 2 is 2.08 bits per heavy atom. The van der Waals surface area contributed by atoms with Crippen molar-refractivity contribution in [1.29, 1.82) is 5.26 Å². The molecule has 0 aliphatic rings. The molecule has 0 unspecified atom stereocenters. The van der Waals surface area contributed by atoms with Gasteiger partial charge in [-0.25, -0.2) is 0 Å². The minimum atomic E-state index is -0.545. The smallest absolute Gasteiger partial charge is 0.322 e. The first-order valence-electron chi connectivity index (χ1n) is 4.55. The highest BCUT2D eigenvalue weighted by molar-refractivity contribution is 5.91. The lowest BCUT2D eigenvalue weighted by Gasteiger charge is -2.26. The van der Waals surface area contributed by atoms with Crippen molar-refractivity contribution in [3.05, 3.63) is 0 Å². The van der Waals surface area contributed by atoms with Gasteiger partial charge in [0.15, 0.2) is 6.07 Å². The molecule has 0 heterocycles. The van der Waals surface area contributed by atoms with Crippen molar-refractivity contribution in [2.75, 3.05) is 6.54 Å². The molecule has 0 saturated carbocycles. The van der Waals surface area contributed by atoms with Gasteiger partial charge in [-0.1, -0.05) is 27.7 Å². The van der Waals surface area contributed by atoms with E-state index in [4.69, 9.17) is 5.26 Å². The lowest BCUT2D eigenvalue weighted by atomic mass is 9.84. The van der Waals surface area contributed by atoms with E-state index in [1.165, 1.54) is 0 Å². The van der Waals surface area contributed by atoms with Crippen LogP contribution in [0.1, 0.15) is 34.1 Å². The maximum atomic E-state index is 10.7. The van der Waals surface area contributed by atoms with Crippen LogP contribution in [0.2, 0.25) is 0 Å². The van der Waals surface area contributed by atoms with E-state index in [-0.39, 0.29) is 5.41 Å².